The fraction of sp³-hybridized carbons (Fsp3) is 0.292. The molecule has 1 aromatic heterocycles. The van der Waals surface area contributed by atoms with Crippen LogP contribution in [-0.2, 0) is 13.6 Å². The van der Waals surface area contributed by atoms with Gasteiger partial charge in [-0.25, -0.2) is 9.38 Å². The summed E-state index contributed by atoms with van der Waals surface area (Å²) in [6, 6.07) is 8.94. The van der Waals surface area contributed by atoms with Crippen molar-refractivity contribution in [1.29, 1.82) is 0 Å². The number of methoxy groups -OCH3 is 3. The standard InChI is InChI=1S/C24H28FN5O4/c1-14-19(15(2)30(3)29-14)13-26-24(27-18-9-7-8-17(25)12-18)28-23(31)16-10-20(32-4)22(34-6)21(11-16)33-5/h7-12H,13H2,1-6H3,(H2,26,27,28,31). The lowest BCUT2D eigenvalue weighted by Crippen LogP contribution is -2.36. The Morgan fingerprint density at radius 3 is 2.29 bits per heavy atom. The molecule has 0 bridgehead atoms. The van der Waals surface area contributed by atoms with E-state index in [-0.39, 0.29) is 18.1 Å². The van der Waals surface area contributed by atoms with Gasteiger partial charge < -0.3 is 19.5 Å². The van der Waals surface area contributed by atoms with Gasteiger partial charge in [0.1, 0.15) is 5.82 Å². The molecule has 2 N–H and O–H groups in total. The van der Waals surface area contributed by atoms with Crippen LogP contribution in [0.1, 0.15) is 27.3 Å². The summed E-state index contributed by atoms with van der Waals surface area (Å²) in [5, 5.41) is 10.1. The Bertz CT molecular complexity index is 1200. The number of rotatable bonds is 7. The van der Waals surface area contributed by atoms with E-state index in [0.717, 1.165) is 17.0 Å². The van der Waals surface area contributed by atoms with E-state index in [9.17, 15) is 9.18 Å². The highest BCUT2D eigenvalue weighted by Gasteiger charge is 2.18. The summed E-state index contributed by atoms with van der Waals surface area (Å²) in [7, 11) is 6.27. The van der Waals surface area contributed by atoms with Gasteiger partial charge in [0.15, 0.2) is 11.5 Å². The molecule has 0 saturated heterocycles. The number of anilines is 1. The van der Waals surface area contributed by atoms with Crippen LogP contribution in [0.25, 0.3) is 0 Å². The summed E-state index contributed by atoms with van der Waals surface area (Å²) in [5.41, 5.74) is 3.43. The first-order valence-electron chi connectivity index (χ1n) is 10.4. The average Bonchev–Trinajstić information content (AvgIpc) is 3.06. The van der Waals surface area contributed by atoms with Crippen molar-refractivity contribution < 1.29 is 23.4 Å². The molecule has 10 heteroatoms. The van der Waals surface area contributed by atoms with E-state index in [0.29, 0.717) is 22.9 Å². The molecule has 3 rings (SSSR count). The predicted octanol–water partition coefficient (Wildman–Crippen LogP) is 3.60. The number of amides is 1. The molecule has 0 aliphatic heterocycles. The third-order valence-electron chi connectivity index (χ3n) is 5.30. The van der Waals surface area contributed by atoms with Crippen molar-refractivity contribution >= 4 is 17.6 Å². The third-order valence-corrected chi connectivity index (χ3v) is 5.30. The summed E-state index contributed by atoms with van der Waals surface area (Å²) in [4.78, 5) is 17.7. The Labute approximate surface area is 197 Å². The number of hydrogen-bond acceptors (Lipinski definition) is 6. The molecule has 0 aliphatic carbocycles. The van der Waals surface area contributed by atoms with Crippen LogP contribution in [0.5, 0.6) is 17.2 Å². The number of halogens is 1. The third kappa shape index (κ3) is 5.45. The molecule has 1 amide bonds. The maximum absolute atomic E-state index is 13.7. The zero-order valence-corrected chi connectivity index (χ0v) is 20.0. The lowest BCUT2D eigenvalue weighted by Gasteiger charge is -2.15. The number of aromatic nitrogens is 2. The highest BCUT2D eigenvalue weighted by atomic mass is 19.1. The largest absolute Gasteiger partial charge is 0.493 e. The molecule has 1 heterocycles. The summed E-state index contributed by atoms with van der Waals surface area (Å²) >= 11 is 0. The van der Waals surface area contributed by atoms with Crippen LogP contribution in [0.15, 0.2) is 41.4 Å². The minimum Gasteiger partial charge on any atom is -0.493 e. The second kappa shape index (κ2) is 10.7. The van der Waals surface area contributed by atoms with Crippen LogP contribution >= 0.6 is 0 Å². The number of hydrogen-bond donors (Lipinski definition) is 2. The molecule has 0 radical (unpaired) electrons. The van der Waals surface area contributed by atoms with E-state index in [1.807, 2.05) is 20.9 Å². The number of nitrogens with zero attached hydrogens (tertiary/aromatic N) is 3. The van der Waals surface area contributed by atoms with Crippen molar-refractivity contribution in [1.82, 2.24) is 15.1 Å². The Kier molecular flexibility index (Phi) is 7.72. The number of carbonyl (C=O) groups excluding carboxylic acids is 1. The van der Waals surface area contributed by atoms with Gasteiger partial charge in [0.25, 0.3) is 5.91 Å². The zero-order valence-electron chi connectivity index (χ0n) is 20.0. The molecule has 0 fully saturated rings. The molecule has 0 aliphatic rings. The first kappa shape index (κ1) is 24.6. The lowest BCUT2D eigenvalue weighted by atomic mass is 10.1. The van der Waals surface area contributed by atoms with Gasteiger partial charge in [-0.3, -0.25) is 14.8 Å². The van der Waals surface area contributed by atoms with Crippen LogP contribution in [-0.4, -0.2) is 43.0 Å². The Morgan fingerprint density at radius 1 is 1.09 bits per heavy atom. The highest BCUT2D eigenvalue weighted by Crippen LogP contribution is 2.38. The van der Waals surface area contributed by atoms with Crippen LogP contribution in [0, 0.1) is 19.7 Å². The van der Waals surface area contributed by atoms with Gasteiger partial charge in [0.05, 0.1) is 33.6 Å². The summed E-state index contributed by atoms with van der Waals surface area (Å²) in [5.74, 6) is 0.305. The van der Waals surface area contributed by atoms with E-state index in [1.165, 1.54) is 45.6 Å². The van der Waals surface area contributed by atoms with Gasteiger partial charge in [-0.15, -0.1) is 0 Å². The fourth-order valence-corrected chi connectivity index (χ4v) is 3.41. The fourth-order valence-electron chi connectivity index (χ4n) is 3.41. The molecule has 34 heavy (non-hydrogen) atoms. The van der Waals surface area contributed by atoms with Crippen molar-refractivity contribution in [3.05, 3.63) is 64.7 Å². The average molecular weight is 470 g/mol. The molecular weight excluding hydrogens is 441 g/mol. The van der Waals surface area contributed by atoms with Crippen LogP contribution < -0.4 is 24.8 Å². The molecule has 180 valence electrons. The van der Waals surface area contributed by atoms with Crippen molar-refractivity contribution in [2.75, 3.05) is 26.6 Å². The second-order valence-corrected chi connectivity index (χ2v) is 7.44. The van der Waals surface area contributed by atoms with Gasteiger partial charge in [0.2, 0.25) is 11.7 Å². The minimum absolute atomic E-state index is 0.145. The smallest absolute Gasteiger partial charge is 0.258 e. The van der Waals surface area contributed by atoms with Gasteiger partial charge in [0, 0.05) is 29.6 Å². The Hall–Kier alpha value is -4.08. The molecule has 9 nitrogen and oxygen atoms in total. The van der Waals surface area contributed by atoms with Crippen LogP contribution in [0.4, 0.5) is 10.1 Å². The van der Waals surface area contributed by atoms with Gasteiger partial charge in [-0.2, -0.15) is 5.10 Å². The SMILES string of the molecule is COc1cc(C(=O)NC(=NCc2c(C)nn(C)c2C)Nc2cccc(F)c2)cc(OC)c1OC. The van der Waals surface area contributed by atoms with Crippen LogP contribution in [0.2, 0.25) is 0 Å². The zero-order chi connectivity index (χ0) is 24.8. The van der Waals surface area contributed by atoms with Crippen molar-refractivity contribution in [3.63, 3.8) is 0 Å². The maximum Gasteiger partial charge on any atom is 0.258 e. The van der Waals surface area contributed by atoms with Crippen molar-refractivity contribution in [2.24, 2.45) is 12.0 Å². The van der Waals surface area contributed by atoms with Gasteiger partial charge in [-0.1, -0.05) is 6.07 Å². The number of carbonyl (C=O) groups is 1. The summed E-state index contributed by atoms with van der Waals surface area (Å²) in [6.07, 6.45) is 0. The monoisotopic (exact) mass is 469 g/mol. The highest BCUT2D eigenvalue weighted by molar-refractivity contribution is 6.10. The lowest BCUT2D eigenvalue weighted by molar-refractivity contribution is 0.0976. The Balaban J connectivity index is 1.94. The number of benzene rings is 2. The molecule has 2 aromatic carbocycles. The summed E-state index contributed by atoms with van der Waals surface area (Å²) in [6.45, 7) is 4.10. The van der Waals surface area contributed by atoms with E-state index >= 15 is 0 Å². The van der Waals surface area contributed by atoms with Crippen LogP contribution in [0.3, 0.4) is 0 Å². The minimum atomic E-state index is -0.471. The number of ether oxygens (including phenoxy) is 3. The van der Waals surface area contributed by atoms with E-state index < -0.39 is 11.7 Å². The van der Waals surface area contributed by atoms with Gasteiger partial charge >= 0.3 is 0 Å². The van der Waals surface area contributed by atoms with Crippen molar-refractivity contribution in [3.8, 4) is 17.2 Å². The Morgan fingerprint density at radius 2 is 1.76 bits per heavy atom. The number of guanidine groups is 1. The van der Waals surface area contributed by atoms with E-state index in [4.69, 9.17) is 14.2 Å². The predicted molar refractivity (Wildman–Crippen MR) is 127 cm³/mol. The number of aryl methyl sites for hydroxylation is 2. The molecule has 0 unspecified atom stereocenters. The van der Waals surface area contributed by atoms with E-state index in [1.54, 1.807) is 16.8 Å². The first-order valence-corrected chi connectivity index (χ1v) is 10.4. The molecule has 0 saturated carbocycles. The topological polar surface area (TPSA) is 99.0 Å². The number of aliphatic imine (C=N–C) groups is 1. The molecule has 0 spiro atoms. The molecule has 3 aromatic rings. The first-order chi connectivity index (χ1) is 16.3. The quantitative estimate of drug-likeness (QED) is 0.405. The normalized spacial score (nSPS) is 11.2. The van der Waals surface area contributed by atoms with E-state index in [2.05, 4.69) is 20.7 Å². The summed E-state index contributed by atoms with van der Waals surface area (Å²) < 4.78 is 31.5. The second-order valence-electron chi connectivity index (χ2n) is 7.44. The van der Waals surface area contributed by atoms with Crippen molar-refractivity contribution in [2.45, 2.75) is 20.4 Å². The molecular formula is C24H28FN5O4. The molecule has 0 atom stereocenters. The van der Waals surface area contributed by atoms with Gasteiger partial charge in [-0.05, 0) is 44.2 Å². The maximum atomic E-state index is 13.7. The number of nitrogens with one attached hydrogen (secondary N) is 2.